The first-order valence-corrected chi connectivity index (χ1v) is 9.94. The molecule has 162 valence electrons. The van der Waals surface area contributed by atoms with Crippen LogP contribution >= 0.6 is 0 Å². The van der Waals surface area contributed by atoms with Gasteiger partial charge in [0.25, 0.3) is 0 Å². The van der Waals surface area contributed by atoms with E-state index in [4.69, 9.17) is 14.2 Å². The summed E-state index contributed by atoms with van der Waals surface area (Å²) in [5, 5.41) is 4.97. The van der Waals surface area contributed by atoms with E-state index in [0.29, 0.717) is 35.0 Å². The van der Waals surface area contributed by atoms with Crippen LogP contribution in [0.3, 0.4) is 0 Å². The summed E-state index contributed by atoms with van der Waals surface area (Å²) >= 11 is 0. The van der Waals surface area contributed by atoms with Crippen molar-refractivity contribution in [2.24, 2.45) is 0 Å². The minimum absolute atomic E-state index is 0.00602. The number of rotatable bonds is 3. The summed E-state index contributed by atoms with van der Waals surface area (Å²) in [6, 6.07) is 13.6. The van der Waals surface area contributed by atoms with E-state index >= 15 is 0 Å². The zero-order chi connectivity index (χ0) is 21.9. The first kappa shape index (κ1) is 20.1. The Labute approximate surface area is 181 Å². The summed E-state index contributed by atoms with van der Waals surface area (Å²) in [6.07, 6.45) is 2.82. The Morgan fingerprint density at radius 1 is 1.03 bits per heavy atom. The fourth-order valence-electron chi connectivity index (χ4n) is 3.29. The maximum absolute atomic E-state index is 14.1. The molecule has 0 saturated heterocycles. The molecule has 0 fully saturated rings. The van der Waals surface area contributed by atoms with Crippen molar-refractivity contribution in [1.29, 1.82) is 0 Å². The fourth-order valence-corrected chi connectivity index (χ4v) is 3.29. The van der Waals surface area contributed by atoms with Crippen molar-refractivity contribution in [3.8, 4) is 17.3 Å². The second kappa shape index (κ2) is 8.72. The van der Waals surface area contributed by atoms with E-state index in [-0.39, 0.29) is 25.6 Å². The molecule has 0 amide bonds. The van der Waals surface area contributed by atoms with Gasteiger partial charge in [0, 0.05) is 6.07 Å². The molecule has 4 aromatic rings. The van der Waals surface area contributed by atoms with E-state index in [0.717, 1.165) is 5.56 Å². The van der Waals surface area contributed by atoms with Gasteiger partial charge in [-0.2, -0.15) is 10.1 Å². The highest BCUT2D eigenvalue weighted by Gasteiger charge is 2.19. The Morgan fingerprint density at radius 3 is 2.78 bits per heavy atom. The number of nitrogens with zero attached hydrogens (tertiary/aromatic N) is 4. The maximum atomic E-state index is 14.1. The number of halogens is 2. The van der Waals surface area contributed by atoms with Gasteiger partial charge in [-0.1, -0.05) is 30.3 Å². The van der Waals surface area contributed by atoms with Crippen LogP contribution < -0.4 is 9.47 Å². The summed E-state index contributed by atoms with van der Waals surface area (Å²) in [5.41, 5.74) is 1.82. The minimum atomic E-state index is -0.537. The molecule has 2 aromatic carbocycles. The van der Waals surface area contributed by atoms with E-state index in [1.807, 2.05) is 30.3 Å². The smallest absolute Gasteiger partial charge is 0.228 e. The van der Waals surface area contributed by atoms with E-state index in [1.165, 1.54) is 29.0 Å². The second-order valence-corrected chi connectivity index (χ2v) is 7.08. The molecule has 0 saturated carbocycles. The summed E-state index contributed by atoms with van der Waals surface area (Å²) in [7, 11) is 0. The van der Waals surface area contributed by atoms with Crippen LogP contribution in [0.4, 0.5) is 8.78 Å². The van der Waals surface area contributed by atoms with E-state index in [1.54, 1.807) is 6.20 Å². The highest BCUT2D eigenvalue weighted by molar-refractivity contribution is 5.82. The number of hydrogen-bond donors (Lipinski definition) is 0. The molecule has 1 aliphatic heterocycles. The number of ether oxygens (including phenoxy) is 3. The van der Waals surface area contributed by atoms with Crippen molar-refractivity contribution in [2.45, 2.75) is 13.2 Å². The average molecular weight is 436 g/mol. The molecule has 0 spiro atoms. The van der Waals surface area contributed by atoms with Gasteiger partial charge < -0.3 is 14.2 Å². The lowest BCUT2D eigenvalue weighted by molar-refractivity contribution is 0.140. The lowest BCUT2D eigenvalue weighted by atomic mass is 10.2. The minimum Gasteiger partial charge on any atom is -0.484 e. The SMILES string of the molecule is F/C1=C\COCc2nc(OCc3ccccc3)c3cnn(c3n2)-c2ccc(F)cc2OC1. The van der Waals surface area contributed by atoms with Crippen LogP contribution in [-0.2, 0) is 18.0 Å². The van der Waals surface area contributed by atoms with Gasteiger partial charge in [-0.3, -0.25) is 0 Å². The molecule has 2 aromatic heterocycles. The van der Waals surface area contributed by atoms with Gasteiger partial charge in [0.05, 0.1) is 12.8 Å². The molecular weight excluding hydrogens is 418 g/mol. The lowest BCUT2D eigenvalue weighted by Crippen LogP contribution is -2.07. The predicted octanol–water partition coefficient (Wildman–Crippen LogP) is 4.30. The molecule has 7 nitrogen and oxygen atoms in total. The monoisotopic (exact) mass is 436 g/mol. The molecule has 2 bridgehead atoms. The van der Waals surface area contributed by atoms with Gasteiger partial charge in [-0.05, 0) is 23.8 Å². The van der Waals surface area contributed by atoms with Gasteiger partial charge in [0.1, 0.15) is 48.3 Å². The van der Waals surface area contributed by atoms with Crippen molar-refractivity contribution in [1.82, 2.24) is 19.7 Å². The molecule has 9 heteroatoms. The number of fused-ring (bicyclic) bond motifs is 3. The van der Waals surface area contributed by atoms with Crippen molar-refractivity contribution in [2.75, 3.05) is 13.2 Å². The molecular formula is C23H18F2N4O3. The highest BCUT2D eigenvalue weighted by atomic mass is 19.1. The Kier molecular flexibility index (Phi) is 5.47. The molecule has 0 unspecified atom stereocenters. The quantitative estimate of drug-likeness (QED) is 0.477. The van der Waals surface area contributed by atoms with Crippen LogP contribution in [0.25, 0.3) is 16.7 Å². The van der Waals surface area contributed by atoms with Crippen LogP contribution in [0.5, 0.6) is 11.6 Å². The predicted molar refractivity (Wildman–Crippen MR) is 112 cm³/mol. The molecule has 5 rings (SSSR count). The number of hydrogen-bond acceptors (Lipinski definition) is 6. The van der Waals surface area contributed by atoms with Gasteiger partial charge in [-0.25, -0.2) is 18.4 Å². The van der Waals surface area contributed by atoms with Crippen LogP contribution in [0.15, 0.2) is 66.6 Å². The van der Waals surface area contributed by atoms with Gasteiger partial charge in [0.15, 0.2) is 11.5 Å². The average Bonchev–Trinajstić information content (AvgIpc) is 3.23. The zero-order valence-electron chi connectivity index (χ0n) is 16.9. The molecule has 32 heavy (non-hydrogen) atoms. The van der Waals surface area contributed by atoms with Gasteiger partial charge >= 0.3 is 0 Å². The Balaban J connectivity index is 1.61. The maximum Gasteiger partial charge on any atom is 0.228 e. The molecule has 0 atom stereocenters. The van der Waals surface area contributed by atoms with E-state index < -0.39 is 11.6 Å². The molecule has 1 aliphatic rings. The number of benzene rings is 2. The third kappa shape index (κ3) is 4.15. The van der Waals surface area contributed by atoms with Gasteiger partial charge in [-0.15, -0.1) is 0 Å². The lowest BCUT2D eigenvalue weighted by Gasteiger charge is -2.12. The summed E-state index contributed by atoms with van der Waals surface area (Å²) < 4.78 is 46.5. The second-order valence-electron chi connectivity index (χ2n) is 7.08. The standard InChI is InChI=1S/C23H18F2N4O3/c24-16-6-7-19-20(10-16)31-13-17(25)8-9-30-14-21-27-22-18(11-26-29(19)22)23(28-21)32-12-15-4-2-1-3-5-15/h1-8,10-11H,9,12-14H2/b17-8-. The van der Waals surface area contributed by atoms with Crippen molar-refractivity contribution >= 4 is 11.0 Å². The van der Waals surface area contributed by atoms with Crippen LogP contribution in [0.2, 0.25) is 0 Å². The van der Waals surface area contributed by atoms with Gasteiger partial charge in [0.2, 0.25) is 5.88 Å². The van der Waals surface area contributed by atoms with Crippen LogP contribution in [0, 0.1) is 5.82 Å². The Bertz CT molecular complexity index is 1290. The first-order chi connectivity index (χ1) is 15.7. The van der Waals surface area contributed by atoms with E-state index in [9.17, 15) is 8.78 Å². The third-order valence-corrected chi connectivity index (χ3v) is 4.83. The van der Waals surface area contributed by atoms with Crippen LogP contribution in [0.1, 0.15) is 11.4 Å². The Morgan fingerprint density at radius 2 is 1.91 bits per heavy atom. The number of aromatic nitrogens is 4. The zero-order valence-corrected chi connectivity index (χ0v) is 16.9. The summed E-state index contributed by atoms with van der Waals surface area (Å²) in [4.78, 5) is 9.03. The first-order valence-electron chi connectivity index (χ1n) is 9.94. The highest BCUT2D eigenvalue weighted by Crippen LogP contribution is 2.30. The third-order valence-electron chi connectivity index (χ3n) is 4.83. The van der Waals surface area contributed by atoms with Crippen molar-refractivity contribution < 1.29 is 23.0 Å². The van der Waals surface area contributed by atoms with Crippen molar-refractivity contribution in [3.63, 3.8) is 0 Å². The summed E-state index contributed by atoms with van der Waals surface area (Å²) in [5.74, 6) is -0.237. The molecule has 0 aliphatic carbocycles. The topological polar surface area (TPSA) is 71.3 Å². The van der Waals surface area contributed by atoms with Crippen molar-refractivity contribution in [3.05, 3.63) is 83.8 Å². The normalized spacial score (nSPS) is 15.6. The summed E-state index contributed by atoms with van der Waals surface area (Å²) in [6.45, 7) is -0.00793. The molecule has 0 radical (unpaired) electrons. The molecule has 0 N–H and O–H groups in total. The largest absolute Gasteiger partial charge is 0.484 e. The fraction of sp³-hybridized carbons (Fsp3) is 0.174. The molecule has 3 heterocycles. The van der Waals surface area contributed by atoms with Crippen LogP contribution in [-0.4, -0.2) is 33.0 Å². The van der Waals surface area contributed by atoms with E-state index in [2.05, 4.69) is 15.1 Å². The Hall–Kier alpha value is -3.85.